The number of amides is 2. The smallest absolute Gasteiger partial charge is 0.325 e. The third kappa shape index (κ3) is 6.12. The number of carbonyl (C=O) groups is 1. The fourth-order valence-electron chi connectivity index (χ4n) is 2.15. The first-order chi connectivity index (χ1) is 12.7. The van der Waals surface area contributed by atoms with Crippen molar-refractivity contribution in [2.24, 2.45) is 5.41 Å². The number of benzene rings is 1. The molecule has 1 radical (unpaired) electrons. The molecule has 27 heavy (non-hydrogen) atoms. The number of anilines is 2. The number of nitriles is 1. The van der Waals surface area contributed by atoms with E-state index in [2.05, 4.69) is 47.8 Å². The molecule has 0 saturated carbocycles. The summed E-state index contributed by atoms with van der Waals surface area (Å²) in [4.78, 5) is 20.0. The Bertz CT molecular complexity index is 854. The summed E-state index contributed by atoms with van der Waals surface area (Å²) >= 11 is 6.36. The van der Waals surface area contributed by atoms with Gasteiger partial charge < -0.3 is 10.1 Å². The van der Waals surface area contributed by atoms with E-state index in [9.17, 15) is 4.79 Å². The van der Waals surface area contributed by atoms with Gasteiger partial charge in [0.25, 0.3) is 0 Å². The highest BCUT2D eigenvalue weighted by atomic mass is 35.5. The van der Waals surface area contributed by atoms with Crippen molar-refractivity contribution >= 4 is 29.1 Å². The first-order valence-electron chi connectivity index (χ1n) is 8.23. The molecule has 2 N–H and O–H groups in total. The van der Waals surface area contributed by atoms with E-state index < -0.39 is 6.03 Å². The molecule has 0 spiro atoms. The summed E-state index contributed by atoms with van der Waals surface area (Å²) in [6.45, 7) is 6.35. The van der Waals surface area contributed by atoms with Crippen LogP contribution < -0.4 is 15.4 Å². The molecule has 0 bridgehead atoms. The van der Waals surface area contributed by atoms with Gasteiger partial charge in [-0.05, 0) is 36.0 Å². The number of halogens is 1. The molecular formula is C19H21ClN5O2. The number of aromatic nitrogens is 2. The zero-order valence-electron chi connectivity index (χ0n) is 15.6. The van der Waals surface area contributed by atoms with E-state index in [1.807, 2.05) is 12.1 Å². The molecule has 2 aromatic rings. The van der Waals surface area contributed by atoms with Gasteiger partial charge in [0.15, 0.2) is 11.5 Å². The first-order valence-corrected chi connectivity index (χ1v) is 8.60. The van der Waals surface area contributed by atoms with Crippen molar-refractivity contribution in [2.45, 2.75) is 27.2 Å². The molecule has 0 unspecified atom stereocenters. The molecule has 8 heteroatoms. The minimum absolute atomic E-state index is 0.0650. The zero-order chi connectivity index (χ0) is 20.0. The molecule has 0 fully saturated rings. The van der Waals surface area contributed by atoms with Crippen molar-refractivity contribution in [1.29, 1.82) is 5.26 Å². The predicted molar refractivity (Wildman–Crippen MR) is 105 cm³/mol. The normalized spacial score (nSPS) is 10.8. The fourth-order valence-corrected chi connectivity index (χ4v) is 2.40. The second-order valence-electron chi connectivity index (χ2n) is 6.90. The molecule has 0 aliphatic carbocycles. The van der Waals surface area contributed by atoms with E-state index in [0.29, 0.717) is 22.9 Å². The van der Waals surface area contributed by atoms with Crippen molar-refractivity contribution in [3.05, 3.63) is 47.2 Å². The van der Waals surface area contributed by atoms with Gasteiger partial charge in [-0.2, -0.15) is 5.26 Å². The van der Waals surface area contributed by atoms with Crippen molar-refractivity contribution in [3.63, 3.8) is 0 Å². The minimum Gasteiger partial charge on any atom is -0.495 e. The molecule has 1 aromatic heterocycles. The second-order valence-corrected chi connectivity index (χ2v) is 7.30. The topological polar surface area (TPSA) is 99.9 Å². The Morgan fingerprint density at radius 2 is 2.04 bits per heavy atom. The number of nitrogens with one attached hydrogen (secondary N) is 2. The van der Waals surface area contributed by atoms with Gasteiger partial charge in [0.2, 0.25) is 0 Å². The van der Waals surface area contributed by atoms with E-state index in [-0.39, 0.29) is 16.9 Å². The third-order valence-electron chi connectivity index (χ3n) is 3.56. The summed E-state index contributed by atoms with van der Waals surface area (Å²) in [6, 6.07) is 4.78. The maximum atomic E-state index is 12.2. The van der Waals surface area contributed by atoms with E-state index in [0.717, 1.165) is 5.56 Å². The SMILES string of the molecule is COc1cc(C[CH]C(C)(C)C)c(Cl)cc1NC(=O)Nc1cnc(C#N)cn1. The Morgan fingerprint density at radius 3 is 2.59 bits per heavy atom. The van der Waals surface area contributed by atoms with Crippen LogP contribution in [0.2, 0.25) is 5.02 Å². The highest BCUT2D eigenvalue weighted by Gasteiger charge is 2.16. The van der Waals surface area contributed by atoms with Crippen LogP contribution in [0.25, 0.3) is 0 Å². The van der Waals surface area contributed by atoms with Crippen LogP contribution in [0, 0.1) is 23.2 Å². The zero-order valence-corrected chi connectivity index (χ0v) is 16.4. The molecule has 0 aliphatic heterocycles. The van der Waals surface area contributed by atoms with Crippen molar-refractivity contribution in [2.75, 3.05) is 17.7 Å². The fraction of sp³-hybridized carbons (Fsp3) is 0.316. The molecule has 7 nitrogen and oxygen atoms in total. The van der Waals surface area contributed by atoms with Gasteiger partial charge in [0.05, 0.1) is 25.2 Å². The second kappa shape index (κ2) is 8.69. The van der Waals surface area contributed by atoms with Gasteiger partial charge in [0, 0.05) is 5.02 Å². The summed E-state index contributed by atoms with van der Waals surface area (Å²) < 4.78 is 5.38. The number of methoxy groups -OCH3 is 1. The molecule has 1 aromatic carbocycles. The molecule has 0 saturated heterocycles. The summed E-state index contributed by atoms with van der Waals surface area (Å²) in [5.74, 6) is 0.714. The number of rotatable bonds is 5. The monoisotopic (exact) mass is 386 g/mol. The lowest BCUT2D eigenvalue weighted by atomic mass is 9.88. The molecule has 2 rings (SSSR count). The number of hydrogen-bond acceptors (Lipinski definition) is 5. The lowest BCUT2D eigenvalue weighted by Crippen LogP contribution is -2.20. The maximum Gasteiger partial charge on any atom is 0.325 e. The van der Waals surface area contributed by atoms with Crippen LogP contribution in [0.5, 0.6) is 5.75 Å². The Hall–Kier alpha value is -2.85. The van der Waals surface area contributed by atoms with Crippen LogP contribution in [0.15, 0.2) is 24.5 Å². The Balaban J connectivity index is 2.11. The average molecular weight is 387 g/mol. The minimum atomic E-state index is -0.530. The molecule has 2 amide bonds. The van der Waals surface area contributed by atoms with Crippen LogP contribution in [-0.2, 0) is 6.42 Å². The maximum absolute atomic E-state index is 12.2. The van der Waals surface area contributed by atoms with Crippen molar-refractivity contribution in [1.82, 2.24) is 9.97 Å². The summed E-state index contributed by atoms with van der Waals surface area (Å²) in [5, 5.41) is 14.5. The number of nitrogens with zero attached hydrogens (tertiary/aromatic N) is 3. The highest BCUT2D eigenvalue weighted by molar-refractivity contribution is 6.31. The lowest BCUT2D eigenvalue weighted by Gasteiger charge is -2.19. The molecule has 0 atom stereocenters. The van der Waals surface area contributed by atoms with Gasteiger partial charge in [-0.3, -0.25) is 5.32 Å². The largest absolute Gasteiger partial charge is 0.495 e. The van der Waals surface area contributed by atoms with E-state index >= 15 is 0 Å². The van der Waals surface area contributed by atoms with Crippen LogP contribution >= 0.6 is 11.6 Å². The average Bonchev–Trinajstić information content (AvgIpc) is 2.61. The van der Waals surface area contributed by atoms with E-state index in [4.69, 9.17) is 21.6 Å². The molecule has 1 heterocycles. The third-order valence-corrected chi connectivity index (χ3v) is 3.91. The number of carbonyl (C=O) groups excluding carboxylic acids is 1. The van der Waals surface area contributed by atoms with Crippen LogP contribution in [0.1, 0.15) is 32.0 Å². The van der Waals surface area contributed by atoms with Gasteiger partial charge in [-0.1, -0.05) is 32.4 Å². The molecule has 141 valence electrons. The first kappa shape index (κ1) is 20.5. The van der Waals surface area contributed by atoms with Crippen LogP contribution in [-0.4, -0.2) is 23.1 Å². The molecule has 0 aliphatic rings. The lowest BCUT2D eigenvalue weighted by molar-refractivity contribution is 0.262. The summed E-state index contributed by atoms with van der Waals surface area (Å²) in [5.41, 5.74) is 1.57. The van der Waals surface area contributed by atoms with Gasteiger partial charge in [-0.15, -0.1) is 0 Å². The molecular weight excluding hydrogens is 366 g/mol. The Labute approximate surface area is 163 Å². The van der Waals surface area contributed by atoms with Crippen LogP contribution in [0.3, 0.4) is 0 Å². The van der Waals surface area contributed by atoms with Crippen molar-refractivity contribution < 1.29 is 9.53 Å². The van der Waals surface area contributed by atoms with Gasteiger partial charge in [-0.25, -0.2) is 14.8 Å². The van der Waals surface area contributed by atoms with Gasteiger partial charge >= 0.3 is 6.03 Å². The Kier molecular flexibility index (Phi) is 6.59. The van der Waals surface area contributed by atoms with E-state index in [1.54, 1.807) is 6.07 Å². The summed E-state index contributed by atoms with van der Waals surface area (Å²) in [7, 11) is 1.52. The standard InChI is InChI=1S/C19H21ClN5O2/c1-19(2,3)6-5-12-7-16(27-4)15(8-14(12)20)24-18(26)25-17-11-22-13(9-21)10-23-17/h6-8,10-11H,5H2,1-4H3,(H2,23,24,25,26). The van der Waals surface area contributed by atoms with E-state index in [1.165, 1.54) is 19.5 Å². The Morgan fingerprint density at radius 1 is 1.30 bits per heavy atom. The highest BCUT2D eigenvalue weighted by Crippen LogP contribution is 2.33. The van der Waals surface area contributed by atoms with Crippen molar-refractivity contribution in [3.8, 4) is 11.8 Å². The van der Waals surface area contributed by atoms with Gasteiger partial charge in [0.1, 0.15) is 11.8 Å². The summed E-state index contributed by atoms with van der Waals surface area (Å²) in [6.07, 6.45) is 5.42. The number of urea groups is 1. The predicted octanol–water partition coefficient (Wildman–Crippen LogP) is 4.45. The number of ether oxygens (including phenoxy) is 1. The number of hydrogen-bond donors (Lipinski definition) is 2. The quantitative estimate of drug-likeness (QED) is 0.790. The van der Waals surface area contributed by atoms with Crippen LogP contribution in [0.4, 0.5) is 16.3 Å².